The second-order valence-corrected chi connectivity index (χ2v) is 9.10. The van der Waals surface area contributed by atoms with Crippen molar-refractivity contribution in [3.05, 3.63) is 71.5 Å². The molecule has 10 nitrogen and oxygen atoms in total. The van der Waals surface area contributed by atoms with Gasteiger partial charge in [0, 0.05) is 18.4 Å². The van der Waals surface area contributed by atoms with E-state index >= 15 is 0 Å². The standard InChI is InChI=1S/C27H25ClF3N5O5/c1-16(36(2)12-13-37)40-22-8-5-7-20-23(22)24(35-26(34-20)41-25(38)27(29,30)31)33-17-9-10-21(19(28)14-17)39-15-18-6-3-4-11-32-18/h3-11,14,16,37H,12-13,15H2,1-2H3,(H,33,34,35). The van der Waals surface area contributed by atoms with Gasteiger partial charge in [0.05, 0.1) is 28.2 Å². The number of carbonyl (C=O) groups excluding carboxylic acids is 1. The lowest BCUT2D eigenvalue weighted by Crippen LogP contribution is -2.35. The van der Waals surface area contributed by atoms with E-state index < -0.39 is 24.4 Å². The Morgan fingerprint density at radius 1 is 1.12 bits per heavy atom. The van der Waals surface area contributed by atoms with Crippen LogP contribution in [0.4, 0.5) is 24.7 Å². The number of nitrogens with zero attached hydrogens (tertiary/aromatic N) is 4. The van der Waals surface area contributed by atoms with Gasteiger partial charge < -0.3 is 24.6 Å². The molecule has 0 aliphatic carbocycles. The molecule has 2 heterocycles. The molecule has 14 heteroatoms. The highest BCUT2D eigenvalue weighted by molar-refractivity contribution is 6.32. The van der Waals surface area contributed by atoms with Gasteiger partial charge in [-0.05, 0) is 56.4 Å². The Hall–Kier alpha value is -4.20. The van der Waals surface area contributed by atoms with E-state index in [2.05, 4.69) is 25.0 Å². The molecule has 0 saturated heterocycles. The predicted octanol–water partition coefficient (Wildman–Crippen LogP) is 5.12. The molecule has 4 rings (SSSR count). The molecule has 0 bridgehead atoms. The highest BCUT2D eigenvalue weighted by Crippen LogP contribution is 2.36. The number of aliphatic hydroxyl groups is 1. The van der Waals surface area contributed by atoms with Crippen molar-refractivity contribution in [2.24, 2.45) is 0 Å². The van der Waals surface area contributed by atoms with Crippen LogP contribution < -0.4 is 19.5 Å². The first-order valence-electron chi connectivity index (χ1n) is 12.2. The number of benzene rings is 2. The first kappa shape index (κ1) is 29.8. The molecule has 2 aromatic heterocycles. The van der Waals surface area contributed by atoms with Crippen molar-refractivity contribution >= 4 is 40.0 Å². The molecule has 216 valence electrons. The van der Waals surface area contributed by atoms with Crippen LogP contribution in [0.5, 0.6) is 17.5 Å². The van der Waals surface area contributed by atoms with Crippen molar-refractivity contribution in [2.75, 3.05) is 25.5 Å². The molecule has 4 aromatic rings. The first-order valence-corrected chi connectivity index (χ1v) is 12.6. The van der Waals surface area contributed by atoms with E-state index in [0.717, 1.165) is 0 Å². The molecule has 0 aliphatic heterocycles. The Balaban J connectivity index is 1.68. The largest absolute Gasteiger partial charge is 0.491 e. The van der Waals surface area contributed by atoms with Gasteiger partial charge in [0.25, 0.3) is 0 Å². The average molecular weight is 592 g/mol. The molecule has 2 N–H and O–H groups in total. The lowest BCUT2D eigenvalue weighted by Gasteiger charge is -2.25. The number of rotatable bonds is 11. The molecule has 0 aliphatic rings. The van der Waals surface area contributed by atoms with E-state index in [9.17, 15) is 23.1 Å². The Kier molecular flexibility index (Phi) is 9.42. The maximum atomic E-state index is 12.9. The van der Waals surface area contributed by atoms with Crippen LogP contribution in [-0.4, -0.2) is 63.5 Å². The molecular formula is C27H25ClF3N5O5. The van der Waals surface area contributed by atoms with Crippen molar-refractivity contribution in [1.82, 2.24) is 19.9 Å². The van der Waals surface area contributed by atoms with E-state index in [4.69, 9.17) is 21.1 Å². The Morgan fingerprint density at radius 2 is 1.93 bits per heavy atom. The van der Waals surface area contributed by atoms with Crippen molar-refractivity contribution in [1.29, 1.82) is 0 Å². The normalized spacial score (nSPS) is 12.3. The minimum absolute atomic E-state index is 0.00851. The molecular weight excluding hydrogens is 567 g/mol. The summed E-state index contributed by atoms with van der Waals surface area (Å²) >= 11 is 6.43. The van der Waals surface area contributed by atoms with E-state index in [1.165, 1.54) is 12.1 Å². The molecule has 0 fully saturated rings. The lowest BCUT2D eigenvalue weighted by atomic mass is 10.2. The van der Waals surface area contributed by atoms with Gasteiger partial charge in [-0.3, -0.25) is 9.88 Å². The molecule has 0 spiro atoms. The summed E-state index contributed by atoms with van der Waals surface area (Å²) < 4.78 is 54.9. The summed E-state index contributed by atoms with van der Waals surface area (Å²) in [5.74, 6) is -1.81. The zero-order valence-corrected chi connectivity index (χ0v) is 22.6. The third-order valence-corrected chi connectivity index (χ3v) is 6.04. The SMILES string of the molecule is CC(Oc1cccc2nc(OC(=O)C(F)(F)F)nc(Nc3ccc(OCc4ccccn4)c(Cl)c3)c12)N(C)CCO. The minimum Gasteiger partial charge on any atom is -0.486 e. The average Bonchev–Trinajstić information content (AvgIpc) is 2.92. The van der Waals surface area contributed by atoms with Gasteiger partial charge in [-0.2, -0.15) is 23.1 Å². The fraction of sp³-hybridized carbons (Fsp3) is 0.259. The fourth-order valence-corrected chi connectivity index (χ4v) is 3.82. The van der Waals surface area contributed by atoms with Gasteiger partial charge in [-0.15, -0.1) is 0 Å². The maximum absolute atomic E-state index is 12.9. The van der Waals surface area contributed by atoms with Crippen LogP contribution in [0, 0.1) is 0 Å². The number of aromatic nitrogens is 3. The lowest BCUT2D eigenvalue weighted by molar-refractivity contribution is -0.190. The van der Waals surface area contributed by atoms with Gasteiger partial charge in [0.1, 0.15) is 30.2 Å². The number of nitrogens with one attached hydrogen (secondary N) is 1. The zero-order valence-electron chi connectivity index (χ0n) is 21.9. The number of hydrogen-bond acceptors (Lipinski definition) is 10. The van der Waals surface area contributed by atoms with Crippen LogP contribution in [0.1, 0.15) is 12.6 Å². The highest BCUT2D eigenvalue weighted by atomic mass is 35.5. The van der Waals surface area contributed by atoms with Crippen molar-refractivity contribution < 1.29 is 37.3 Å². The van der Waals surface area contributed by atoms with Gasteiger partial charge in [0.2, 0.25) is 0 Å². The Labute approximate surface area is 237 Å². The Bertz CT molecular complexity index is 1510. The van der Waals surface area contributed by atoms with Crippen molar-refractivity contribution in [2.45, 2.75) is 25.9 Å². The summed E-state index contributed by atoms with van der Waals surface area (Å²) in [7, 11) is 1.75. The number of hydrogen-bond donors (Lipinski definition) is 2. The molecule has 1 atom stereocenters. The summed E-state index contributed by atoms with van der Waals surface area (Å²) in [6.07, 6.45) is -4.11. The number of esters is 1. The number of ether oxygens (including phenoxy) is 3. The van der Waals surface area contributed by atoms with Crippen LogP contribution in [0.25, 0.3) is 10.9 Å². The first-order chi connectivity index (χ1) is 19.5. The maximum Gasteiger partial charge on any atom is 0.491 e. The smallest absolute Gasteiger partial charge is 0.486 e. The fourth-order valence-electron chi connectivity index (χ4n) is 3.59. The van der Waals surface area contributed by atoms with Crippen LogP contribution in [-0.2, 0) is 11.4 Å². The predicted molar refractivity (Wildman–Crippen MR) is 144 cm³/mol. The van der Waals surface area contributed by atoms with E-state index in [-0.39, 0.29) is 35.3 Å². The quantitative estimate of drug-likeness (QED) is 0.180. The third kappa shape index (κ3) is 7.72. The summed E-state index contributed by atoms with van der Waals surface area (Å²) in [4.78, 5) is 25.5. The third-order valence-electron chi connectivity index (χ3n) is 5.75. The molecule has 0 radical (unpaired) electrons. The molecule has 2 aromatic carbocycles. The monoisotopic (exact) mass is 591 g/mol. The van der Waals surface area contributed by atoms with Crippen molar-refractivity contribution in [3.63, 3.8) is 0 Å². The van der Waals surface area contributed by atoms with Crippen LogP contribution >= 0.6 is 11.6 Å². The van der Waals surface area contributed by atoms with Crippen LogP contribution in [0.3, 0.4) is 0 Å². The highest BCUT2D eigenvalue weighted by Gasteiger charge is 2.42. The zero-order chi connectivity index (χ0) is 29.6. The summed E-state index contributed by atoms with van der Waals surface area (Å²) in [5.41, 5.74) is 1.24. The molecule has 0 amide bonds. The number of pyridine rings is 1. The van der Waals surface area contributed by atoms with Crippen LogP contribution in [0.15, 0.2) is 60.8 Å². The number of carbonyl (C=O) groups is 1. The second-order valence-electron chi connectivity index (χ2n) is 8.69. The number of likely N-dealkylation sites (N-methyl/N-ethyl adjacent to an activating group) is 1. The van der Waals surface area contributed by atoms with Gasteiger partial charge >= 0.3 is 18.2 Å². The molecule has 0 saturated carbocycles. The minimum atomic E-state index is -5.25. The van der Waals surface area contributed by atoms with E-state index in [1.807, 2.05) is 6.07 Å². The topological polar surface area (TPSA) is 119 Å². The van der Waals surface area contributed by atoms with Crippen molar-refractivity contribution in [3.8, 4) is 17.5 Å². The van der Waals surface area contributed by atoms with Gasteiger partial charge in [0.15, 0.2) is 0 Å². The number of halogens is 4. The molecule has 1 unspecified atom stereocenters. The second kappa shape index (κ2) is 13.0. The number of alkyl halides is 3. The Morgan fingerprint density at radius 3 is 2.61 bits per heavy atom. The van der Waals surface area contributed by atoms with Crippen LogP contribution in [0.2, 0.25) is 5.02 Å². The van der Waals surface area contributed by atoms with E-state index in [0.29, 0.717) is 29.1 Å². The summed E-state index contributed by atoms with van der Waals surface area (Å²) in [6, 6.07) is 14.1. The number of anilines is 2. The number of aliphatic hydroxyl groups excluding tert-OH is 1. The summed E-state index contributed by atoms with van der Waals surface area (Å²) in [5, 5.41) is 12.8. The van der Waals surface area contributed by atoms with E-state index in [1.54, 1.807) is 61.5 Å². The number of fused-ring (bicyclic) bond motifs is 1. The van der Waals surface area contributed by atoms with Gasteiger partial charge in [-0.25, -0.2) is 4.79 Å². The van der Waals surface area contributed by atoms with Gasteiger partial charge in [-0.1, -0.05) is 23.7 Å². The molecule has 41 heavy (non-hydrogen) atoms. The summed E-state index contributed by atoms with van der Waals surface area (Å²) in [6.45, 7) is 2.18.